The average Bonchev–Trinajstić information content (AvgIpc) is 3.04. The molecule has 1 atom stereocenters. The molecule has 0 bridgehead atoms. The molecule has 16 heavy (non-hydrogen) atoms. The van der Waals surface area contributed by atoms with Crippen molar-refractivity contribution in [1.29, 1.82) is 0 Å². The number of hydrogen-bond acceptors (Lipinski definition) is 1. The van der Waals surface area contributed by atoms with E-state index < -0.39 is 0 Å². The summed E-state index contributed by atoms with van der Waals surface area (Å²) in [5.74, 6) is 0.415. The van der Waals surface area contributed by atoms with Gasteiger partial charge in [-0.2, -0.15) is 0 Å². The van der Waals surface area contributed by atoms with Crippen molar-refractivity contribution < 1.29 is 9.18 Å². The van der Waals surface area contributed by atoms with Crippen molar-refractivity contribution in [2.75, 3.05) is 0 Å². The summed E-state index contributed by atoms with van der Waals surface area (Å²) in [7, 11) is 0. The fourth-order valence-electron chi connectivity index (χ4n) is 1.81. The third-order valence-corrected chi connectivity index (χ3v) is 3.00. The van der Waals surface area contributed by atoms with Crippen LogP contribution in [0.5, 0.6) is 0 Å². The van der Waals surface area contributed by atoms with Gasteiger partial charge in [-0.15, -0.1) is 0 Å². The van der Waals surface area contributed by atoms with Crippen molar-refractivity contribution in [2.45, 2.75) is 32.2 Å². The predicted octanol–water partition coefficient (Wildman–Crippen LogP) is 2.28. The van der Waals surface area contributed by atoms with E-state index in [1.165, 1.54) is 25.0 Å². The summed E-state index contributed by atoms with van der Waals surface area (Å²) in [5.41, 5.74) is 0.849. The van der Waals surface area contributed by atoms with E-state index in [0.29, 0.717) is 12.3 Å². The summed E-state index contributed by atoms with van der Waals surface area (Å²) in [6.07, 6.45) is 2.77. The molecule has 0 heterocycles. The maximum absolute atomic E-state index is 12.6. The number of rotatable bonds is 4. The highest BCUT2D eigenvalue weighted by Gasteiger charge is 2.28. The van der Waals surface area contributed by atoms with Gasteiger partial charge in [0.15, 0.2) is 0 Å². The number of amides is 1. The highest BCUT2D eigenvalue weighted by atomic mass is 19.1. The van der Waals surface area contributed by atoms with Crippen LogP contribution in [0.15, 0.2) is 24.3 Å². The molecule has 0 saturated heterocycles. The number of benzene rings is 1. The monoisotopic (exact) mass is 221 g/mol. The second kappa shape index (κ2) is 4.64. The van der Waals surface area contributed by atoms with Gasteiger partial charge in [-0.05, 0) is 43.4 Å². The minimum Gasteiger partial charge on any atom is -0.353 e. The molecule has 0 aromatic heterocycles. The Labute approximate surface area is 94.9 Å². The summed E-state index contributed by atoms with van der Waals surface area (Å²) >= 11 is 0. The molecule has 1 fully saturated rings. The van der Waals surface area contributed by atoms with Crippen LogP contribution in [-0.2, 0) is 11.2 Å². The quantitative estimate of drug-likeness (QED) is 0.830. The fraction of sp³-hybridized carbons (Fsp3) is 0.462. The molecular formula is C13H16FNO. The second-order valence-corrected chi connectivity index (χ2v) is 4.50. The van der Waals surface area contributed by atoms with Gasteiger partial charge in [0.05, 0.1) is 6.42 Å². The van der Waals surface area contributed by atoms with Gasteiger partial charge in [0.2, 0.25) is 5.91 Å². The molecule has 1 unspecified atom stereocenters. The van der Waals surface area contributed by atoms with Gasteiger partial charge in [0, 0.05) is 6.04 Å². The minimum absolute atomic E-state index is 0.0195. The molecule has 1 saturated carbocycles. The number of hydrogen-bond donors (Lipinski definition) is 1. The van der Waals surface area contributed by atoms with Gasteiger partial charge in [-0.3, -0.25) is 4.79 Å². The van der Waals surface area contributed by atoms with E-state index in [-0.39, 0.29) is 17.8 Å². The normalized spacial score (nSPS) is 16.9. The first kappa shape index (κ1) is 11.1. The van der Waals surface area contributed by atoms with Crippen LogP contribution in [0.25, 0.3) is 0 Å². The van der Waals surface area contributed by atoms with Crippen molar-refractivity contribution in [1.82, 2.24) is 5.32 Å². The van der Waals surface area contributed by atoms with E-state index in [1.54, 1.807) is 12.1 Å². The molecule has 1 aliphatic rings. The van der Waals surface area contributed by atoms with E-state index in [1.807, 2.05) is 6.92 Å². The molecule has 1 N–H and O–H groups in total. The van der Waals surface area contributed by atoms with Crippen LogP contribution in [0.4, 0.5) is 4.39 Å². The zero-order valence-corrected chi connectivity index (χ0v) is 9.37. The average molecular weight is 221 g/mol. The van der Waals surface area contributed by atoms with E-state index >= 15 is 0 Å². The van der Waals surface area contributed by atoms with E-state index in [4.69, 9.17) is 0 Å². The van der Waals surface area contributed by atoms with E-state index in [9.17, 15) is 9.18 Å². The highest BCUT2D eigenvalue weighted by molar-refractivity contribution is 5.78. The Morgan fingerprint density at radius 2 is 2.06 bits per heavy atom. The van der Waals surface area contributed by atoms with Crippen LogP contribution in [0.3, 0.4) is 0 Å². The second-order valence-electron chi connectivity index (χ2n) is 4.50. The summed E-state index contributed by atoms with van der Waals surface area (Å²) in [6.45, 7) is 2.04. The number of nitrogens with one attached hydrogen (secondary N) is 1. The Balaban J connectivity index is 1.84. The van der Waals surface area contributed by atoms with Crippen LogP contribution in [0.1, 0.15) is 25.3 Å². The zero-order chi connectivity index (χ0) is 11.5. The zero-order valence-electron chi connectivity index (χ0n) is 9.37. The van der Waals surface area contributed by atoms with Gasteiger partial charge in [0.25, 0.3) is 0 Å². The molecule has 3 heteroatoms. The van der Waals surface area contributed by atoms with E-state index in [0.717, 1.165) is 5.56 Å². The van der Waals surface area contributed by atoms with Crippen molar-refractivity contribution >= 4 is 5.91 Å². The number of carbonyl (C=O) groups is 1. The first-order valence-corrected chi connectivity index (χ1v) is 5.69. The number of carbonyl (C=O) groups excluding carboxylic acids is 1. The predicted molar refractivity (Wildman–Crippen MR) is 60.4 cm³/mol. The van der Waals surface area contributed by atoms with Crippen molar-refractivity contribution in [3.8, 4) is 0 Å². The first-order chi connectivity index (χ1) is 7.65. The lowest BCUT2D eigenvalue weighted by Gasteiger charge is -2.12. The van der Waals surface area contributed by atoms with Gasteiger partial charge in [-0.25, -0.2) is 4.39 Å². The lowest BCUT2D eigenvalue weighted by Crippen LogP contribution is -2.35. The topological polar surface area (TPSA) is 29.1 Å². The van der Waals surface area contributed by atoms with Crippen LogP contribution in [0, 0.1) is 11.7 Å². The van der Waals surface area contributed by atoms with Crippen molar-refractivity contribution in [2.24, 2.45) is 5.92 Å². The largest absolute Gasteiger partial charge is 0.353 e. The molecule has 0 aliphatic heterocycles. The maximum atomic E-state index is 12.6. The summed E-state index contributed by atoms with van der Waals surface area (Å²) in [6, 6.07) is 6.33. The Bertz CT molecular complexity index is 370. The Morgan fingerprint density at radius 1 is 1.44 bits per heavy atom. The molecule has 1 aromatic rings. The van der Waals surface area contributed by atoms with Gasteiger partial charge < -0.3 is 5.32 Å². The molecule has 0 spiro atoms. The fourth-order valence-corrected chi connectivity index (χ4v) is 1.81. The van der Waals surface area contributed by atoms with Crippen LogP contribution in [-0.4, -0.2) is 11.9 Å². The summed E-state index contributed by atoms with van der Waals surface area (Å²) < 4.78 is 12.6. The lowest BCUT2D eigenvalue weighted by molar-refractivity contribution is -0.121. The third-order valence-electron chi connectivity index (χ3n) is 3.00. The Hall–Kier alpha value is -1.38. The highest BCUT2D eigenvalue weighted by Crippen LogP contribution is 2.32. The molecule has 2 rings (SSSR count). The Kier molecular flexibility index (Phi) is 3.22. The van der Waals surface area contributed by atoms with Crippen LogP contribution >= 0.6 is 0 Å². The molecule has 1 amide bonds. The molecule has 1 aliphatic carbocycles. The van der Waals surface area contributed by atoms with Gasteiger partial charge >= 0.3 is 0 Å². The van der Waals surface area contributed by atoms with Gasteiger partial charge in [-0.1, -0.05) is 12.1 Å². The minimum atomic E-state index is -0.268. The molecule has 2 nitrogen and oxygen atoms in total. The standard InChI is InChI=1S/C13H16FNO/c1-9(11-4-5-11)15-13(16)8-10-2-6-12(14)7-3-10/h2-3,6-7,9,11H,4-5,8H2,1H3,(H,15,16). The molecule has 0 radical (unpaired) electrons. The maximum Gasteiger partial charge on any atom is 0.224 e. The molecule has 86 valence electrons. The number of halogens is 1. The lowest BCUT2D eigenvalue weighted by atomic mass is 10.1. The Morgan fingerprint density at radius 3 is 2.62 bits per heavy atom. The molecule has 1 aromatic carbocycles. The summed E-state index contributed by atoms with van der Waals surface area (Å²) in [5, 5.41) is 2.97. The van der Waals surface area contributed by atoms with Gasteiger partial charge in [0.1, 0.15) is 5.82 Å². The molecular weight excluding hydrogens is 205 g/mol. The smallest absolute Gasteiger partial charge is 0.224 e. The SMILES string of the molecule is CC(NC(=O)Cc1ccc(F)cc1)C1CC1. The summed E-state index contributed by atoms with van der Waals surface area (Å²) in [4.78, 5) is 11.6. The van der Waals surface area contributed by atoms with E-state index in [2.05, 4.69) is 5.32 Å². The van der Waals surface area contributed by atoms with Crippen LogP contribution < -0.4 is 5.32 Å². The van der Waals surface area contributed by atoms with Crippen molar-refractivity contribution in [3.05, 3.63) is 35.6 Å². The van der Waals surface area contributed by atoms with Crippen molar-refractivity contribution in [3.63, 3.8) is 0 Å². The third kappa shape index (κ3) is 3.05. The first-order valence-electron chi connectivity index (χ1n) is 5.69. The van der Waals surface area contributed by atoms with Crippen LogP contribution in [0.2, 0.25) is 0 Å².